The molecule has 0 radical (unpaired) electrons. The first kappa shape index (κ1) is 23.6. The van der Waals surface area contributed by atoms with Crippen molar-refractivity contribution in [1.82, 2.24) is 0 Å². The number of methoxy groups -OCH3 is 1. The fourth-order valence-electron chi connectivity index (χ4n) is 3.75. The topological polar surface area (TPSA) is 91.1 Å². The van der Waals surface area contributed by atoms with E-state index in [0.717, 1.165) is 41.0 Å². The summed E-state index contributed by atoms with van der Waals surface area (Å²) in [6.45, 7) is 5.95. The van der Waals surface area contributed by atoms with E-state index in [2.05, 4.69) is 6.58 Å². The first-order valence-corrected chi connectivity index (χ1v) is 10.7. The smallest absolute Gasteiger partial charge is 0.497 e. The van der Waals surface area contributed by atoms with Gasteiger partial charge in [0.05, 0.1) is 13.2 Å². The minimum atomic E-state index is -0.847. The second kappa shape index (κ2) is 10.5. The van der Waals surface area contributed by atoms with Crippen LogP contribution >= 0.6 is 11.6 Å². The maximum Gasteiger partial charge on any atom is 0.514 e. The molecule has 2 aromatic rings. The fourth-order valence-corrected chi connectivity index (χ4v) is 4.08. The van der Waals surface area contributed by atoms with Gasteiger partial charge in [0.15, 0.2) is 0 Å². The van der Waals surface area contributed by atoms with E-state index in [1.165, 1.54) is 12.1 Å². The molecule has 1 atom stereocenters. The number of amides is 1. The van der Waals surface area contributed by atoms with Gasteiger partial charge in [-0.15, -0.1) is 0 Å². The van der Waals surface area contributed by atoms with Gasteiger partial charge in [-0.2, -0.15) is 0 Å². The Morgan fingerprint density at radius 1 is 1.28 bits per heavy atom. The van der Waals surface area contributed by atoms with Crippen LogP contribution in [0.1, 0.15) is 23.1 Å². The summed E-state index contributed by atoms with van der Waals surface area (Å²) in [6.07, 6.45) is 2.59. The molecule has 8 heteroatoms. The number of halogens is 1. The van der Waals surface area contributed by atoms with E-state index in [4.69, 9.17) is 31.5 Å². The number of aryl methyl sites for hydroxylation is 2. The number of anilines is 1. The van der Waals surface area contributed by atoms with E-state index in [1.54, 1.807) is 18.1 Å². The monoisotopic (exact) mass is 458 g/mol. The Kier molecular flexibility index (Phi) is 7.77. The summed E-state index contributed by atoms with van der Waals surface area (Å²) < 4.78 is 15.2. The molecule has 0 unspecified atom stereocenters. The van der Waals surface area contributed by atoms with E-state index >= 15 is 0 Å². The predicted molar refractivity (Wildman–Crippen MR) is 124 cm³/mol. The highest BCUT2D eigenvalue weighted by Crippen LogP contribution is 2.32. The van der Waals surface area contributed by atoms with Crippen LogP contribution in [0.3, 0.4) is 0 Å². The molecule has 0 bridgehead atoms. The molecule has 0 aliphatic carbocycles. The Labute approximate surface area is 192 Å². The highest BCUT2D eigenvalue weighted by atomic mass is 35.5. The van der Waals surface area contributed by atoms with Crippen LogP contribution in [0.15, 0.2) is 43.0 Å². The molecule has 2 N–H and O–H groups in total. The van der Waals surface area contributed by atoms with Crippen LogP contribution in [0.4, 0.5) is 10.5 Å². The van der Waals surface area contributed by atoms with Crippen LogP contribution in [0, 0.1) is 6.92 Å². The van der Waals surface area contributed by atoms with Gasteiger partial charge in [-0.3, -0.25) is 4.79 Å². The van der Waals surface area contributed by atoms with Crippen molar-refractivity contribution in [2.24, 2.45) is 5.73 Å². The average Bonchev–Trinajstić information content (AvgIpc) is 2.78. The first-order chi connectivity index (χ1) is 15.3. The molecule has 0 saturated heterocycles. The van der Waals surface area contributed by atoms with Crippen LogP contribution < -0.4 is 20.1 Å². The molecule has 0 fully saturated rings. The summed E-state index contributed by atoms with van der Waals surface area (Å²) in [5, 5.41) is 0.364. The third-order valence-electron chi connectivity index (χ3n) is 5.32. The van der Waals surface area contributed by atoms with Gasteiger partial charge in [0.1, 0.15) is 18.1 Å². The lowest BCUT2D eigenvalue weighted by atomic mass is 9.97. The summed E-state index contributed by atoms with van der Waals surface area (Å²) >= 11 is 6.43. The summed E-state index contributed by atoms with van der Waals surface area (Å²) in [6, 6.07) is 8.10. The van der Waals surface area contributed by atoms with Gasteiger partial charge in [0.25, 0.3) is 0 Å². The molecular formula is C24H27ClN2O5. The maximum atomic E-state index is 13.2. The third-order valence-corrected chi connectivity index (χ3v) is 5.66. The number of nitrogens with zero attached hydrogens (tertiary/aromatic N) is 1. The van der Waals surface area contributed by atoms with E-state index in [-0.39, 0.29) is 24.7 Å². The van der Waals surface area contributed by atoms with Crippen molar-refractivity contribution in [2.45, 2.75) is 32.2 Å². The van der Waals surface area contributed by atoms with Crippen molar-refractivity contribution in [1.29, 1.82) is 0 Å². The molecule has 32 heavy (non-hydrogen) atoms. The van der Waals surface area contributed by atoms with Crippen molar-refractivity contribution < 1.29 is 23.8 Å². The van der Waals surface area contributed by atoms with E-state index < -0.39 is 12.2 Å². The SMILES string of the molecule is C=CCOC(=O)Oc1cc(C)c(C[C@H](N)C(=O)N2CCCc3cc(OC)ccc32)c(Cl)c1. The molecule has 170 valence electrons. The summed E-state index contributed by atoms with van der Waals surface area (Å²) in [5.74, 6) is 0.851. The van der Waals surface area contributed by atoms with Gasteiger partial charge in [0.2, 0.25) is 5.91 Å². The van der Waals surface area contributed by atoms with Crippen molar-refractivity contribution in [3.8, 4) is 11.5 Å². The van der Waals surface area contributed by atoms with E-state index in [9.17, 15) is 9.59 Å². The van der Waals surface area contributed by atoms with Crippen LogP contribution in [-0.4, -0.2) is 38.4 Å². The Balaban J connectivity index is 1.73. The Bertz CT molecular complexity index is 1000. The molecule has 2 aromatic carbocycles. The Morgan fingerprint density at radius 2 is 2.06 bits per heavy atom. The van der Waals surface area contributed by atoms with Crippen molar-refractivity contribution in [3.63, 3.8) is 0 Å². The lowest BCUT2D eigenvalue weighted by Gasteiger charge is -2.32. The molecule has 1 amide bonds. The van der Waals surface area contributed by atoms with Crippen LogP contribution in [0.5, 0.6) is 11.5 Å². The van der Waals surface area contributed by atoms with Crippen LogP contribution in [0.2, 0.25) is 5.02 Å². The average molecular weight is 459 g/mol. The van der Waals surface area contributed by atoms with Gasteiger partial charge in [-0.25, -0.2) is 4.79 Å². The molecular weight excluding hydrogens is 432 g/mol. The Hall–Kier alpha value is -3.03. The second-order valence-electron chi connectivity index (χ2n) is 7.55. The van der Waals surface area contributed by atoms with E-state index in [0.29, 0.717) is 11.6 Å². The minimum absolute atomic E-state index is 0.0486. The third kappa shape index (κ3) is 5.41. The lowest BCUT2D eigenvalue weighted by molar-refractivity contribution is -0.119. The zero-order valence-electron chi connectivity index (χ0n) is 18.2. The number of hydrogen-bond donors (Lipinski definition) is 1. The molecule has 0 aromatic heterocycles. The zero-order valence-corrected chi connectivity index (χ0v) is 19.0. The Morgan fingerprint density at radius 3 is 2.75 bits per heavy atom. The molecule has 1 aliphatic rings. The number of nitrogens with two attached hydrogens (primary N) is 1. The maximum absolute atomic E-state index is 13.2. The number of carbonyl (C=O) groups is 2. The van der Waals surface area contributed by atoms with Crippen LogP contribution in [0.25, 0.3) is 0 Å². The molecule has 3 rings (SSSR count). The fraction of sp³-hybridized carbons (Fsp3) is 0.333. The van der Waals surface area contributed by atoms with Gasteiger partial charge < -0.3 is 24.8 Å². The number of rotatable bonds is 7. The second-order valence-corrected chi connectivity index (χ2v) is 7.96. The summed E-state index contributed by atoms with van der Waals surface area (Å²) in [5.41, 5.74) is 9.73. The molecule has 0 spiro atoms. The highest BCUT2D eigenvalue weighted by Gasteiger charge is 2.28. The standard InChI is InChI=1S/C24H27ClN2O5/c1-4-10-31-24(29)32-18-11-15(2)19(20(25)13-18)14-21(26)23(28)27-9-5-6-16-12-17(30-3)7-8-22(16)27/h4,7-8,11-13,21H,1,5-6,9-10,14,26H2,2-3H3/t21-/m0/s1. The zero-order chi connectivity index (χ0) is 23.3. The highest BCUT2D eigenvalue weighted by molar-refractivity contribution is 6.31. The van der Waals surface area contributed by atoms with Gasteiger partial charge in [-0.1, -0.05) is 24.3 Å². The van der Waals surface area contributed by atoms with Crippen LogP contribution in [-0.2, 0) is 22.4 Å². The van der Waals surface area contributed by atoms with Gasteiger partial charge >= 0.3 is 6.16 Å². The number of fused-ring (bicyclic) bond motifs is 1. The van der Waals surface area contributed by atoms with Gasteiger partial charge in [0, 0.05) is 17.3 Å². The number of carbonyl (C=O) groups excluding carboxylic acids is 2. The minimum Gasteiger partial charge on any atom is -0.497 e. The summed E-state index contributed by atoms with van der Waals surface area (Å²) in [7, 11) is 1.62. The number of ether oxygens (including phenoxy) is 3. The number of benzene rings is 2. The van der Waals surface area contributed by atoms with Gasteiger partial charge in [-0.05, 0) is 73.2 Å². The quantitative estimate of drug-likeness (QED) is 0.379. The molecule has 7 nitrogen and oxygen atoms in total. The molecule has 1 heterocycles. The van der Waals surface area contributed by atoms with Crippen molar-refractivity contribution in [2.75, 3.05) is 25.2 Å². The lowest BCUT2D eigenvalue weighted by Crippen LogP contribution is -2.47. The van der Waals surface area contributed by atoms with E-state index in [1.807, 2.05) is 25.1 Å². The molecule has 1 aliphatic heterocycles. The first-order valence-electron chi connectivity index (χ1n) is 10.3. The summed E-state index contributed by atoms with van der Waals surface area (Å²) in [4.78, 5) is 26.6. The van der Waals surface area contributed by atoms with Crippen molar-refractivity contribution in [3.05, 3.63) is 64.7 Å². The normalized spacial score (nSPS) is 13.7. The molecule has 0 saturated carbocycles. The predicted octanol–water partition coefficient (Wildman–Crippen LogP) is 4.21. The number of hydrogen-bond acceptors (Lipinski definition) is 6. The van der Waals surface area contributed by atoms with Crippen molar-refractivity contribution >= 4 is 29.4 Å². The largest absolute Gasteiger partial charge is 0.514 e.